The van der Waals surface area contributed by atoms with Gasteiger partial charge < -0.3 is 4.90 Å². The van der Waals surface area contributed by atoms with Crippen LogP contribution in [-0.4, -0.2) is 37.2 Å². The standard InChI is InChI=1S/C21H30N4Si/c1-21(2,3)26(6,7)20(16-12-14-17(15-13-16)24(4)5)25-19-11-9-8-10-18(19)22-23-25/h8-15,20H,1-7H3. The van der Waals surface area contributed by atoms with Gasteiger partial charge in [-0.25, -0.2) is 4.68 Å². The Labute approximate surface area is 157 Å². The molecule has 138 valence electrons. The molecule has 1 atom stereocenters. The Morgan fingerprint density at radius 1 is 0.962 bits per heavy atom. The van der Waals surface area contributed by atoms with Gasteiger partial charge in [0.15, 0.2) is 0 Å². The first kappa shape index (κ1) is 18.6. The molecule has 3 aromatic rings. The lowest BCUT2D eigenvalue weighted by molar-refractivity contribution is 0.588. The summed E-state index contributed by atoms with van der Waals surface area (Å²) in [7, 11) is 2.35. The Hall–Kier alpha value is -2.14. The molecule has 0 bridgehead atoms. The summed E-state index contributed by atoms with van der Waals surface area (Å²) in [6.07, 6.45) is 0. The molecule has 1 unspecified atom stereocenters. The smallest absolute Gasteiger partial charge is 0.113 e. The van der Waals surface area contributed by atoms with Crippen LogP contribution in [0.5, 0.6) is 0 Å². The highest BCUT2D eigenvalue weighted by molar-refractivity contribution is 6.81. The maximum absolute atomic E-state index is 4.60. The molecule has 3 rings (SSSR count). The molecule has 0 spiro atoms. The van der Waals surface area contributed by atoms with Gasteiger partial charge in [0, 0.05) is 19.8 Å². The number of fused-ring (bicyclic) bond motifs is 1. The summed E-state index contributed by atoms with van der Waals surface area (Å²) in [6, 6.07) is 17.2. The van der Waals surface area contributed by atoms with Gasteiger partial charge in [-0.15, -0.1) is 5.10 Å². The minimum absolute atomic E-state index is 0.227. The lowest BCUT2D eigenvalue weighted by Crippen LogP contribution is -2.47. The van der Waals surface area contributed by atoms with Gasteiger partial charge >= 0.3 is 0 Å². The van der Waals surface area contributed by atoms with Gasteiger partial charge in [-0.1, -0.05) is 63.3 Å². The maximum atomic E-state index is 4.60. The van der Waals surface area contributed by atoms with Crippen LogP contribution < -0.4 is 4.90 Å². The fraction of sp³-hybridized carbons (Fsp3) is 0.429. The van der Waals surface area contributed by atoms with Gasteiger partial charge in [-0.3, -0.25) is 0 Å². The fourth-order valence-electron chi connectivity index (χ4n) is 3.31. The minimum Gasteiger partial charge on any atom is -0.378 e. The SMILES string of the molecule is CN(C)c1ccc(C(n2nnc3ccccc32)[Si](C)(C)C(C)(C)C)cc1. The molecule has 2 aromatic carbocycles. The molecule has 0 radical (unpaired) electrons. The van der Waals surface area contributed by atoms with Gasteiger partial charge in [-0.05, 0) is 34.9 Å². The Morgan fingerprint density at radius 3 is 2.15 bits per heavy atom. The molecule has 0 saturated heterocycles. The summed E-state index contributed by atoms with van der Waals surface area (Å²) in [5, 5.41) is 9.26. The first-order valence-corrected chi connectivity index (χ1v) is 12.3. The molecule has 0 saturated carbocycles. The zero-order valence-corrected chi connectivity index (χ0v) is 18.0. The van der Waals surface area contributed by atoms with Crippen LogP contribution >= 0.6 is 0 Å². The zero-order chi connectivity index (χ0) is 19.1. The van der Waals surface area contributed by atoms with E-state index in [1.807, 2.05) is 12.1 Å². The lowest BCUT2D eigenvalue weighted by Gasteiger charge is -2.43. The third-order valence-electron chi connectivity index (χ3n) is 5.96. The molecule has 0 fully saturated rings. The second-order valence-electron chi connectivity index (χ2n) is 8.88. The van der Waals surface area contributed by atoms with Crippen molar-refractivity contribution in [1.29, 1.82) is 0 Å². The van der Waals surface area contributed by atoms with Gasteiger partial charge in [-0.2, -0.15) is 0 Å². The lowest BCUT2D eigenvalue weighted by atomic mass is 10.2. The summed E-state index contributed by atoms with van der Waals surface area (Å²) >= 11 is 0. The van der Waals surface area contributed by atoms with Crippen molar-refractivity contribution in [1.82, 2.24) is 15.0 Å². The minimum atomic E-state index is -1.79. The number of para-hydroxylation sites is 1. The van der Waals surface area contributed by atoms with Crippen molar-refractivity contribution in [3.63, 3.8) is 0 Å². The first-order valence-electron chi connectivity index (χ1n) is 9.20. The average molecular weight is 367 g/mol. The first-order chi connectivity index (χ1) is 12.1. The van der Waals surface area contributed by atoms with Gasteiger partial charge in [0.05, 0.1) is 19.3 Å². The molecular weight excluding hydrogens is 336 g/mol. The van der Waals surface area contributed by atoms with E-state index >= 15 is 0 Å². The van der Waals surface area contributed by atoms with Crippen LogP contribution in [0.25, 0.3) is 11.0 Å². The van der Waals surface area contributed by atoms with Crippen LogP contribution in [0, 0.1) is 0 Å². The Morgan fingerprint density at radius 2 is 1.58 bits per heavy atom. The molecule has 1 aromatic heterocycles. The predicted molar refractivity (Wildman–Crippen MR) is 114 cm³/mol. The molecule has 0 N–H and O–H groups in total. The third kappa shape index (κ3) is 3.16. The molecular formula is C21H30N4Si. The molecule has 1 heterocycles. The molecule has 0 amide bonds. The van der Waals surface area contributed by atoms with E-state index in [2.05, 4.69) is 104 Å². The van der Waals surface area contributed by atoms with Crippen molar-refractivity contribution in [3.05, 3.63) is 54.1 Å². The predicted octanol–water partition coefficient (Wildman–Crippen LogP) is 5.13. The summed E-state index contributed by atoms with van der Waals surface area (Å²) in [5.74, 6) is 0. The van der Waals surface area contributed by atoms with Crippen LogP contribution in [-0.2, 0) is 0 Å². The highest BCUT2D eigenvalue weighted by Gasteiger charge is 2.45. The number of rotatable bonds is 4. The van der Waals surface area contributed by atoms with Crippen LogP contribution in [0.1, 0.15) is 32.0 Å². The van der Waals surface area contributed by atoms with E-state index < -0.39 is 8.07 Å². The Balaban J connectivity index is 2.20. The van der Waals surface area contributed by atoms with Gasteiger partial charge in [0.1, 0.15) is 5.52 Å². The number of aromatic nitrogens is 3. The van der Waals surface area contributed by atoms with E-state index in [-0.39, 0.29) is 10.7 Å². The highest BCUT2D eigenvalue weighted by atomic mass is 28.3. The Kier molecular flexibility index (Phi) is 4.69. The summed E-state index contributed by atoms with van der Waals surface area (Å²) in [6.45, 7) is 12.0. The topological polar surface area (TPSA) is 34.0 Å². The van der Waals surface area contributed by atoms with Crippen LogP contribution in [0.15, 0.2) is 48.5 Å². The molecule has 0 aliphatic carbocycles. The van der Waals surface area contributed by atoms with Crippen molar-refractivity contribution < 1.29 is 0 Å². The average Bonchev–Trinajstić information content (AvgIpc) is 2.98. The summed E-state index contributed by atoms with van der Waals surface area (Å²) < 4.78 is 2.16. The number of hydrogen-bond donors (Lipinski definition) is 0. The summed E-state index contributed by atoms with van der Waals surface area (Å²) in [4.78, 5) is 2.13. The van der Waals surface area contributed by atoms with E-state index in [4.69, 9.17) is 0 Å². The van der Waals surface area contributed by atoms with Crippen LogP contribution in [0.2, 0.25) is 18.1 Å². The van der Waals surface area contributed by atoms with E-state index in [0.29, 0.717) is 0 Å². The monoisotopic (exact) mass is 366 g/mol. The van der Waals surface area contributed by atoms with E-state index in [0.717, 1.165) is 11.0 Å². The second kappa shape index (κ2) is 6.54. The molecule has 4 nitrogen and oxygen atoms in total. The van der Waals surface area contributed by atoms with Crippen molar-refractivity contribution >= 4 is 24.8 Å². The molecule has 0 aliphatic heterocycles. The number of nitrogens with zero attached hydrogens (tertiary/aromatic N) is 4. The Bertz CT molecular complexity index is 888. The number of anilines is 1. The second-order valence-corrected chi connectivity index (χ2v) is 14.4. The van der Waals surface area contributed by atoms with Crippen molar-refractivity contribution in [2.45, 2.75) is 44.6 Å². The van der Waals surface area contributed by atoms with E-state index in [1.54, 1.807) is 0 Å². The fourth-order valence-corrected chi connectivity index (χ4v) is 5.95. The van der Waals surface area contributed by atoms with E-state index in [1.165, 1.54) is 11.3 Å². The highest BCUT2D eigenvalue weighted by Crippen LogP contribution is 2.46. The van der Waals surface area contributed by atoms with Crippen molar-refractivity contribution in [3.8, 4) is 0 Å². The van der Waals surface area contributed by atoms with E-state index in [9.17, 15) is 0 Å². The van der Waals surface area contributed by atoms with Crippen LogP contribution in [0.4, 0.5) is 5.69 Å². The van der Waals surface area contributed by atoms with Crippen molar-refractivity contribution in [2.75, 3.05) is 19.0 Å². The van der Waals surface area contributed by atoms with Gasteiger partial charge in [0.2, 0.25) is 0 Å². The largest absolute Gasteiger partial charge is 0.378 e. The normalized spacial score (nSPS) is 13.8. The number of hydrogen-bond acceptors (Lipinski definition) is 3. The van der Waals surface area contributed by atoms with Gasteiger partial charge in [0.25, 0.3) is 0 Å². The molecule has 26 heavy (non-hydrogen) atoms. The zero-order valence-electron chi connectivity index (χ0n) is 17.0. The van der Waals surface area contributed by atoms with Crippen molar-refractivity contribution in [2.24, 2.45) is 0 Å². The summed E-state index contributed by atoms with van der Waals surface area (Å²) in [5.41, 5.74) is 4.83. The van der Waals surface area contributed by atoms with Crippen LogP contribution in [0.3, 0.4) is 0 Å². The molecule has 5 heteroatoms. The quantitative estimate of drug-likeness (QED) is 0.600. The number of benzene rings is 2. The molecule has 0 aliphatic rings. The maximum Gasteiger partial charge on any atom is 0.113 e. The third-order valence-corrected chi connectivity index (χ3v) is 11.8.